The molecule has 0 aliphatic heterocycles. The number of anilines is 1. The highest BCUT2D eigenvalue weighted by Gasteiger charge is 2.20. The van der Waals surface area contributed by atoms with Crippen molar-refractivity contribution in [1.29, 1.82) is 5.26 Å². The molecule has 0 bridgehead atoms. The fourth-order valence-electron chi connectivity index (χ4n) is 2.02. The molecule has 0 saturated heterocycles. The maximum Gasteiger partial charge on any atom is 0.0655 e. The van der Waals surface area contributed by atoms with E-state index < -0.39 is 0 Å². The van der Waals surface area contributed by atoms with Crippen molar-refractivity contribution in [1.82, 2.24) is 4.98 Å². The Balaban J connectivity index is 1.82. The Labute approximate surface area is 84.1 Å². The molecule has 14 heavy (non-hydrogen) atoms. The van der Waals surface area contributed by atoms with Gasteiger partial charge < -0.3 is 10.3 Å². The molecule has 0 unspecified atom stereocenters. The number of hydrogen-bond donors (Lipinski definition) is 2. The van der Waals surface area contributed by atoms with Crippen molar-refractivity contribution in [3.05, 3.63) is 18.5 Å². The van der Waals surface area contributed by atoms with Gasteiger partial charge in [0.2, 0.25) is 0 Å². The summed E-state index contributed by atoms with van der Waals surface area (Å²) in [6.07, 6.45) is 8.20. The zero-order chi connectivity index (χ0) is 9.80. The van der Waals surface area contributed by atoms with E-state index in [1.165, 1.54) is 0 Å². The van der Waals surface area contributed by atoms with Crippen LogP contribution in [0.5, 0.6) is 0 Å². The molecule has 1 saturated carbocycles. The standard InChI is InChI=1S/C11H15N3/c12-7-9-1-3-10(4-2-9)14-11-5-6-13-8-11/h5-6,8-10,13-14H,1-4H2. The second-order valence-corrected chi connectivity index (χ2v) is 3.92. The number of nitrogens with one attached hydrogen (secondary N) is 2. The van der Waals surface area contributed by atoms with Crippen LogP contribution in [0.4, 0.5) is 5.69 Å². The predicted molar refractivity (Wildman–Crippen MR) is 55.8 cm³/mol. The van der Waals surface area contributed by atoms with Gasteiger partial charge in [-0.15, -0.1) is 0 Å². The Morgan fingerprint density at radius 1 is 1.36 bits per heavy atom. The van der Waals surface area contributed by atoms with Gasteiger partial charge >= 0.3 is 0 Å². The van der Waals surface area contributed by atoms with Crippen molar-refractivity contribution in [2.24, 2.45) is 5.92 Å². The molecular weight excluding hydrogens is 174 g/mol. The third-order valence-electron chi connectivity index (χ3n) is 2.88. The number of aromatic nitrogens is 1. The Bertz CT molecular complexity index is 302. The van der Waals surface area contributed by atoms with E-state index in [0.29, 0.717) is 12.0 Å². The minimum atomic E-state index is 0.291. The zero-order valence-corrected chi connectivity index (χ0v) is 8.16. The van der Waals surface area contributed by atoms with Crippen LogP contribution in [0.1, 0.15) is 25.7 Å². The number of H-pyrrole nitrogens is 1. The van der Waals surface area contributed by atoms with Crippen LogP contribution in [0.2, 0.25) is 0 Å². The molecule has 0 amide bonds. The van der Waals surface area contributed by atoms with Crippen LogP contribution in [0, 0.1) is 17.2 Å². The van der Waals surface area contributed by atoms with Gasteiger partial charge in [-0.3, -0.25) is 0 Å². The first kappa shape index (κ1) is 9.14. The summed E-state index contributed by atoms with van der Waals surface area (Å²) in [4.78, 5) is 3.02. The summed E-state index contributed by atoms with van der Waals surface area (Å²) < 4.78 is 0. The minimum absolute atomic E-state index is 0.291. The molecule has 1 aliphatic rings. The van der Waals surface area contributed by atoms with Gasteiger partial charge in [-0.05, 0) is 31.7 Å². The van der Waals surface area contributed by atoms with Crippen LogP contribution in [-0.4, -0.2) is 11.0 Å². The van der Waals surface area contributed by atoms with E-state index >= 15 is 0 Å². The highest BCUT2D eigenvalue weighted by atomic mass is 14.9. The van der Waals surface area contributed by atoms with E-state index in [4.69, 9.17) is 5.26 Å². The monoisotopic (exact) mass is 189 g/mol. The fourth-order valence-corrected chi connectivity index (χ4v) is 2.02. The summed E-state index contributed by atoms with van der Waals surface area (Å²) in [7, 11) is 0. The summed E-state index contributed by atoms with van der Waals surface area (Å²) in [5, 5.41) is 12.2. The normalized spacial score (nSPS) is 26.8. The highest BCUT2D eigenvalue weighted by molar-refractivity contribution is 5.41. The van der Waals surface area contributed by atoms with Crippen LogP contribution in [0.25, 0.3) is 0 Å². The summed E-state index contributed by atoms with van der Waals surface area (Å²) >= 11 is 0. The van der Waals surface area contributed by atoms with E-state index in [2.05, 4.69) is 16.4 Å². The Morgan fingerprint density at radius 2 is 2.14 bits per heavy atom. The fraction of sp³-hybridized carbons (Fsp3) is 0.545. The molecule has 1 aromatic rings. The molecule has 1 aliphatic carbocycles. The molecular formula is C11H15N3. The molecule has 74 valence electrons. The summed E-state index contributed by atoms with van der Waals surface area (Å²) in [6.45, 7) is 0. The Kier molecular flexibility index (Phi) is 2.73. The molecule has 0 spiro atoms. The number of hydrogen-bond acceptors (Lipinski definition) is 2. The van der Waals surface area contributed by atoms with E-state index in [1.54, 1.807) is 0 Å². The average molecular weight is 189 g/mol. The van der Waals surface area contributed by atoms with Crippen LogP contribution >= 0.6 is 0 Å². The lowest BCUT2D eigenvalue weighted by molar-refractivity contribution is 0.397. The van der Waals surface area contributed by atoms with Gasteiger partial charge in [0.25, 0.3) is 0 Å². The van der Waals surface area contributed by atoms with Gasteiger partial charge in [0.1, 0.15) is 0 Å². The first-order chi connectivity index (χ1) is 6.88. The molecule has 1 fully saturated rings. The smallest absolute Gasteiger partial charge is 0.0655 e. The lowest BCUT2D eigenvalue weighted by Gasteiger charge is -2.25. The largest absolute Gasteiger partial charge is 0.381 e. The maximum atomic E-state index is 8.76. The SMILES string of the molecule is N#CC1CCC(Nc2cc[nH]c2)CC1. The Hall–Kier alpha value is -1.43. The van der Waals surface area contributed by atoms with Crippen molar-refractivity contribution in [3.63, 3.8) is 0 Å². The topological polar surface area (TPSA) is 51.6 Å². The predicted octanol–water partition coefficient (Wildman–Crippen LogP) is 2.51. The Morgan fingerprint density at radius 3 is 2.71 bits per heavy atom. The third kappa shape index (κ3) is 2.08. The molecule has 3 nitrogen and oxygen atoms in total. The zero-order valence-electron chi connectivity index (χ0n) is 8.16. The molecule has 2 N–H and O–H groups in total. The van der Waals surface area contributed by atoms with Crippen molar-refractivity contribution in [2.75, 3.05) is 5.32 Å². The number of aromatic amines is 1. The van der Waals surface area contributed by atoms with Gasteiger partial charge in [-0.2, -0.15) is 5.26 Å². The lowest BCUT2D eigenvalue weighted by atomic mass is 9.87. The van der Waals surface area contributed by atoms with E-state index in [-0.39, 0.29) is 0 Å². The molecule has 0 atom stereocenters. The summed E-state index contributed by atoms with van der Waals surface area (Å²) in [6, 6.07) is 4.94. The number of nitriles is 1. The maximum absolute atomic E-state index is 8.76. The molecule has 2 rings (SSSR count). The van der Waals surface area contributed by atoms with Crippen molar-refractivity contribution in [2.45, 2.75) is 31.7 Å². The molecule has 0 aromatic carbocycles. The first-order valence-corrected chi connectivity index (χ1v) is 5.17. The minimum Gasteiger partial charge on any atom is -0.381 e. The van der Waals surface area contributed by atoms with Crippen molar-refractivity contribution >= 4 is 5.69 Å². The summed E-state index contributed by atoms with van der Waals surface area (Å²) in [5.41, 5.74) is 1.16. The van der Waals surface area contributed by atoms with E-state index in [9.17, 15) is 0 Å². The lowest BCUT2D eigenvalue weighted by Crippen LogP contribution is -2.25. The third-order valence-corrected chi connectivity index (χ3v) is 2.88. The highest BCUT2D eigenvalue weighted by Crippen LogP contribution is 2.25. The van der Waals surface area contributed by atoms with E-state index in [0.717, 1.165) is 31.4 Å². The van der Waals surface area contributed by atoms with Gasteiger partial charge in [0, 0.05) is 24.4 Å². The van der Waals surface area contributed by atoms with Gasteiger partial charge in [0.05, 0.1) is 11.8 Å². The summed E-state index contributed by atoms with van der Waals surface area (Å²) in [5.74, 6) is 0.291. The van der Waals surface area contributed by atoms with Gasteiger partial charge in [-0.1, -0.05) is 0 Å². The van der Waals surface area contributed by atoms with E-state index in [1.807, 2.05) is 18.5 Å². The molecule has 3 heteroatoms. The molecule has 1 aromatic heterocycles. The van der Waals surface area contributed by atoms with Crippen LogP contribution < -0.4 is 5.32 Å². The van der Waals surface area contributed by atoms with Gasteiger partial charge in [-0.25, -0.2) is 0 Å². The van der Waals surface area contributed by atoms with Crippen LogP contribution in [0.15, 0.2) is 18.5 Å². The first-order valence-electron chi connectivity index (χ1n) is 5.17. The number of nitrogens with zero attached hydrogens (tertiary/aromatic N) is 1. The van der Waals surface area contributed by atoms with Crippen LogP contribution in [0.3, 0.4) is 0 Å². The number of rotatable bonds is 2. The average Bonchev–Trinajstić information content (AvgIpc) is 2.72. The van der Waals surface area contributed by atoms with Gasteiger partial charge in [0.15, 0.2) is 0 Å². The quantitative estimate of drug-likeness (QED) is 0.751. The van der Waals surface area contributed by atoms with Crippen molar-refractivity contribution < 1.29 is 0 Å². The van der Waals surface area contributed by atoms with Crippen LogP contribution in [-0.2, 0) is 0 Å². The second-order valence-electron chi connectivity index (χ2n) is 3.92. The second kappa shape index (κ2) is 4.19. The molecule has 1 heterocycles. The van der Waals surface area contributed by atoms with Crippen molar-refractivity contribution in [3.8, 4) is 6.07 Å². The molecule has 0 radical (unpaired) electrons.